The molecule has 9 heteroatoms. The van der Waals surface area contributed by atoms with Crippen LogP contribution in [0.5, 0.6) is 0 Å². The minimum Gasteiger partial charge on any atom is -0.464 e. The van der Waals surface area contributed by atoms with Gasteiger partial charge in [0.05, 0.1) is 22.7 Å². The lowest BCUT2D eigenvalue weighted by Gasteiger charge is -2.30. The zero-order valence-corrected chi connectivity index (χ0v) is 14.4. The summed E-state index contributed by atoms with van der Waals surface area (Å²) >= 11 is 11.4. The third kappa shape index (κ3) is 8.47. The molecule has 0 N–H and O–H groups in total. The Morgan fingerprint density at radius 2 is 1.05 bits per heavy atom. The second-order valence-corrected chi connectivity index (χ2v) is 5.26. The standard InChI is InChI=1S/C12H20O6S3/c1-2-12(6-16-9(13)3-19,7-17-10(14)4-20)8-18-11(15)5-21/h19-21H,2-8H2,1H3. The van der Waals surface area contributed by atoms with Crippen LogP contribution in [0.1, 0.15) is 13.3 Å². The molecule has 0 heterocycles. The number of hydrogen-bond acceptors (Lipinski definition) is 9. The maximum atomic E-state index is 11.2. The molecule has 0 aliphatic carbocycles. The first-order chi connectivity index (χ1) is 9.92. The van der Waals surface area contributed by atoms with E-state index in [9.17, 15) is 14.4 Å². The monoisotopic (exact) mass is 356 g/mol. The number of rotatable bonds is 10. The molecule has 0 aromatic carbocycles. The molecule has 0 fully saturated rings. The molecular weight excluding hydrogens is 336 g/mol. The summed E-state index contributed by atoms with van der Waals surface area (Å²) in [6, 6.07) is 0. The number of carbonyl (C=O) groups is 3. The van der Waals surface area contributed by atoms with Gasteiger partial charge in [0.15, 0.2) is 0 Å². The fourth-order valence-corrected chi connectivity index (χ4v) is 1.54. The second kappa shape index (κ2) is 11.1. The van der Waals surface area contributed by atoms with Crippen LogP contribution in [0, 0.1) is 5.41 Å². The normalized spacial score (nSPS) is 10.9. The summed E-state index contributed by atoms with van der Waals surface area (Å²) in [5, 5.41) is 0. The molecule has 0 rings (SSSR count). The number of carbonyl (C=O) groups excluding carboxylic acids is 3. The number of esters is 3. The molecule has 0 atom stereocenters. The largest absolute Gasteiger partial charge is 0.464 e. The highest BCUT2D eigenvalue weighted by Crippen LogP contribution is 2.24. The molecule has 122 valence electrons. The minimum absolute atomic E-state index is 0.0391. The van der Waals surface area contributed by atoms with Gasteiger partial charge in [0, 0.05) is 0 Å². The van der Waals surface area contributed by atoms with Crippen LogP contribution in [0.2, 0.25) is 0 Å². The van der Waals surface area contributed by atoms with E-state index in [0.29, 0.717) is 6.42 Å². The Hall–Kier alpha value is -0.540. The van der Waals surface area contributed by atoms with Crippen LogP contribution in [-0.2, 0) is 28.6 Å². The Morgan fingerprint density at radius 3 is 1.24 bits per heavy atom. The molecule has 0 bridgehead atoms. The zero-order valence-electron chi connectivity index (χ0n) is 11.7. The topological polar surface area (TPSA) is 78.9 Å². The lowest BCUT2D eigenvalue weighted by molar-refractivity contribution is -0.158. The van der Waals surface area contributed by atoms with Gasteiger partial charge in [-0.25, -0.2) is 0 Å². The van der Waals surface area contributed by atoms with E-state index in [0.717, 1.165) is 0 Å². The van der Waals surface area contributed by atoms with Gasteiger partial charge in [-0.2, -0.15) is 37.9 Å². The Balaban J connectivity index is 4.76. The van der Waals surface area contributed by atoms with E-state index < -0.39 is 23.3 Å². The van der Waals surface area contributed by atoms with Crippen molar-refractivity contribution >= 4 is 55.8 Å². The second-order valence-electron chi connectivity index (χ2n) is 4.31. The van der Waals surface area contributed by atoms with Gasteiger partial charge in [0.1, 0.15) is 19.8 Å². The van der Waals surface area contributed by atoms with Crippen molar-refractivity contribution in [2.75, 3.05) is 37.1 Å². The summed E-state index contributed by atoms with van der Waals surface area (Å²) in [7, 11) is 0. The van der Waals surface area contributed by atoms with Gasteiger partial charge in [0.25, 0.3) is 0 Å². The summed E-state index contributed by atoms with van der Waals surface area (Å²) < 4.78 is 15.1. The van der Waals surface area contributed by atoms with Gasteiger partial charge in [-0.1, -0.05) is 6.92 Å². The van der Waals surface area contributed by atoms with Gasteiger partial charge in [0.2, 0.25) is 0 Å². The summed E-state index contributed by atoms with van der Waals surface area (Å²) in [6.07, 6.45) is 0.479. The summed E-state index contributed by atoms with van der Waals surface area (Å²) in [6.45, 7) is 1.70. The van der Waals surface area contributed by atoms with Gasteiger partial charge in [-0.05, 0) is 6.42 Å². The van der Waals surface area contributed by atoms with Crippen molar-refractivity contribution in [3.8, 4) is 0 Å². The number of hydrogen-bond donors (Lipinski definition) is 3. The van der Waals surface area contributed by atoms with Crippen molar-refractivity contribution in [1.29, 1.82) is 0 Å². The van der Waals surface area contributed by atoms with Crippen molar-refractivity contribution in [1.82, 2.24) is 0 Å². The first-order valence-corrected chi connectivity index (χ1v) is 8.12. The van der Waals surface area contributed by atoms with Crippen LogP contribution in [0.25, 0.3) is 0 Å². The van der Waals surface area contributed by atoms with Crippen molar-refractivity contribution < 1.29 is 28.6 Å². The quantitative estimate of drug-likeness (QED) is 0.305. The highest BCUT2D eigenvalue weighted by atomic mass is 32.1. The molecule has 0 spiro atoms. The van der Waals surface area contributed by atoms with Crippen molar-refractivity contribution in [3.63, 3.8) is 0 Å². The third-order valence-electron chi connectivity index (χ3n) is 2.76. The number of thiol groups is 3. The van der Waals surface area contributed by atoms with Crippen LogP contribution in [0.4, 0.5) is 0 Å². The molecule has 0 radical (unpaired) electrons. The van der Waals surface area contributed by atoms with Crippen molar-refractivity contribution in [3.05, 3.63) is 0 Å². The maximum absolute atomic E-state index is 11.2. The highest BCUT2D eigenvalue weighted by molar-refractivity contribution is 7.81. The highest BCUT2D eigenvalue weighted by Gasteiger charge is 2.33. The van der Waals surface area contributed by atoms with Gasteiger partial charge >= 0.3 is 17.9 Å². The zero-order chi connectivity index (χ0) is 16.3. The van der Waals surface area contributed by atoms with E-state index in [-0.39, 0.29) is 37.1 Å². The van der Waals surface area contributed by atoms with Crippen LogP contribution in [0.3, 0.4) is 0 Å². The van der Waals surface area contributed by atoms with E-state index in [4.69, 9.17) is 14.2 Å². The van der Waals surface area contributed by atoms with Gasteiger partial charge < -0.3 is 14.2 Å². The maximum Gasteiger partial charge on any atom is 0.315 e. The molecule has 0 saturated heterocycles. The molecule has 0 aliphatic heterocycles. The summed E-state index contributed by atoms with van der Waals surface area (Å²) in [5.74, 6) is -1.70. The predicted molar refractivity (Wildman–Crippen MR) is 87.2 cm³/mol. The molecule has 0 aliphatic rings. The molecule has 0 aromatic rings. The first-order valence-electron chi connectivity index (χ1n) is 6.22. The van der Waals surface area contributed by atoms with Crippen LogP contribution in [0.15, 0.2) is 0 Å². The predicted octanol–water partition coefficient (Wildman–Crippen LogP) is 0.802. The molecule has 0 amide bonds. The third-order valence-corrected chi connectivity index (χ3v) is 3.53. The molecule has 6 nitrogen and oxygen atoms in total. The van der Waals surface area contributed by atoms with Crippen molar-refractivity contribution in [2.24, 2.45) is 5.41 Å². The van der Waals surface area contributed by atoms with Crippen molar-refractivity contribution in [2.45, 2.75) is 13.3 Å². The minimum atomic E-state index is -0.796. The van der Waals surface area contributed by atoms with Gasteiger partial charge in [-0.15, -0.1) is 0 Å². The summed E-state index contributed by atoms with van der Waals surface area (Å²) in [4.78, 5) is 33.7. The molecule has 0 saturated carbocycles. The van der Waals surface area contributed by atoms with E-state index in [1.165, 1.54) is 0 Å². The Bertz CT molecular complexity index is 311. The molecular formula is C12H20O6S3. The smallest absolute Gasteiger partial charge is 0.315 e. The van der Waals surface area contributed by atoms with Gasteiger partial charge in [-0.3, -0.25) is 14.4 Å². The van der Waals surface area contributed by atoms with Crippen LogP contribution in [-0.4, -0.2) is 55.0 Å². The Kier molecular flexibility index (Phi) is 10.8. The molecule has 0 aromatic heterocycles. The SMILES string of the molecule is CCC(COC(=O)CS)(COC(=O)CS)COC(=O)CS. The van der Waals surface area contributed by atoms with E-state index in [1.807, 2.05) is 6.92 Å². The lowest BCUT2D eigenvalue weighted by Crippen LogP contribution is -2.39. The first kappa shape index (κ1) is 20.5. The van der Waals surface area contributed by atoms with E-state index in [2.05, 4.69) is 37.9 Å². The van der Waals surface area contributed by atoms with E-state index in [1.54, 1.807) is 0 Å². The van der Waals surface area contributed by atoms with Crippen LogP contribution >= 0.6 is 37.9 Å². The average Bonchev–Trinajstić information content (AvgIpc) is 2.53. The average molecular weight is 356 g/mol. The molecule has 0 unspecified atom stereocenters. The van der Waals surface area contributed by atoms with E-state index >= 15 is 0 Å². The lowest BCUT2D eigenvalue weighted by atomic mass is 9.88. The Labute approximate surface area is 140 Å². The fraction of sp³-hybridized carbons (Fsp3) is 0.750. The summed E-state index contributed by atoms with van der Waals surface area (Å²) in [5.41, 5.74) is -0.796. The Morgan fingerprint density at radius 1 is 0.762 bits per heavy atom. The van der Waals surface area contributed by atoms with Crippen LogP contribution < -0.4 is 0 Å². The fourth-order valence-electron chi connectivity index (χ4n) is 1.27. The molecule has 21 heavy (non-hydrogen) atoms. The number of ether oxygens (including phenoxy) is 3.